The van der Waals surface area contributed by atoms with Gasteiger partial charge in [-0.3, -0.25) is 0 Å². The molecule has 1 atom stereocenters. The number of hydrogen-bond donors (Lipinski definition) is 2. The molecule has 0 saturated carbocycles. The Morgan fingerprint density at radius 3 is 2.88 bits per heavy atom. The van der Waals surface area contributed by atoms with Crippen LogP contribution < -0.4 is 11.1 Å². The Hall–Kier alpha value is -1.55. The fraction of sp³-hybridized carbons (Fsp3) is 0.308. The van der Waals surface area contributed by atoms with Crippen LogP contribution in [0, 0.1) is 6.92 Å². The first-order valence-electron chi connectivity index (χ1n) is 5.73. The van der Waals surface area contributed by atoms with Gasteiger partial charge in [0, 0.05) is 10.6 Å². The molecule has 2 aromatic heterocycles. The summed E-state index contributed by atoms with van der Waals surface area (Å²) in [5.74, 6) is 0.783. The lowest BCUT2D eigenvalue weighted by molar-refractivity contribution is 0.758. The van der Waals surface area contributed by atoms with Gasteiger partial charge in [-0.2, -0.15) is 0 Å². The van der Waals surface area contributed by atoms with Crippen molar-refractivity contribution in [3.05, 3.63) is 40.2 Å². The van der Waals surface area contributed by atoms with Crippen LogP contribution in [0.2, 0.25) is 0 Å². The lowest BCUT2D eigenvalue weighted by atomic mass is 10.2. The number of pyridine rings is 1. The van der Waals surface area contributed by atoms with Crippen LogP contribution in [0.1, 0.15) is 30.0 Å². The van der Waals surface area contributed by atoms with Gasteiger partial charge in [0.05, 0.1) is 11.7 Å². The fourth-order valence-electron chi connectivity index (χ4n) is 1.71. The molecule has 3 N–H and O–H groups in total. The van der Waals surface area contributed by atoms with Gasteiger partial charge >= 0.3 is 0 Å². The number of rotatable bonds is 4. The second-order valence-electron chi connectivity index (χ2n) is 4.01. The lowest BCUT2D eigenvalue weighted by Crippen LogP contribution is -2.11. The van der Waals surface area contributed by atoms with E-state index in [-0.39, 0.29) is 6.04 Å². The van der Waals surface area contributed by atoms with Gasteiger partial charge in [-0.25, -0.2) is 4.98 Å². The Balaban J connectivity index is 2.21. The molecule has 3 nitrogen and oxygen atoms in total. The summed E-state index contributed by atoms with van der Waals surface area (Å²) in [4.78, 5) is 5.75. The first-order valence-corrected chi connectivity index (χ1v) is 6.61. The smallest absolute Gasteiger partial charge is 0.149 e. The molecule has 4 heteroatoms. The number of aromatic nitrogens is 1. The Bertz CT molecular complexity index is 479. The Morgan fingerprint density at radius 2 is 2.24 bits per heavy atom. The number of hydrogen-bond acceptors (Lipinski definition) is 4. The number of thiophene rings is 1. The number of nitrogens with one attached hydrogen (secondary N) is 1. The highest BCUT2D eigenvalue weighted by Crippen LogP contribution is 2.27. The van der Waals surface area contributed by atoms with E-state index in [9.17, 15) is 0 Å². The zero-order valence-corrected chi connectivity index (χ0v) is 10.9. The van der Waals surface area contributed by atoms with Crippen molar-refractivity contribution in [2.45, 2.75) is 26.3 Å². The summed E-state index contributed by atoms with van der Waals surface area (Å²) in [6, 6.07) is 8.31. The minimum absolute atomic E-state index is 0.284. The van der Waals surface area contributed by atoms with Gasteiger partial charge in [0.25, 0.3) is 0 Å². The third-order valence-electron chi connectivity index (χ3n) is 2.67. The SMILES string of the molecule is CCC(Nc1nc(C)ccc1N)c1cccs1. The van der Waals surface area contributed by atoms with Crippen molar-refractivity contribution >= 4 is 22.8 Å². The highest BCUT2D eigenvalue weighted by molar-refractivity contribution is 7.10. The van der Waals surface area contributed by atoms with Crippen molar-refractivity contribution in [3.8, 4) is 0 Å². The van der Waals surface area contributed by atoms with Crippen LogP contribution in [0.4, 0.5) is 11.5 Å². The van der Waals surface area contributed by atoms with E-state index in [1.807, 2.05) is 19.1 Å². The van der Waals surface area contributed by atoms with Crippen molar-refractivity contribution in [1.29, 1.82) is 0 Å². The van der Waals surface area contributed by atoms with E-state index in [1.165, 1.54) is 4.88 Å². The maximum absolute atomic E-state index is 5.92. The maximum Gasteiger partial charge on any atom is 0.149 e. The predicted octanol–water partition coefficient (Wildman–Crippen LogP) is 3.60. The molecule has 17 heavy (non-hydrogen) atoms. The fourth-order valence-corrected chi connectivity index (χ4v) is 2.57. The Labute approximate surface area is 106 Å². The molecule has 0 aromatic carbocycles. The second kappa shape index (κ2) is 5.19. The van der Waals surface area contributed by atoms with Crippen molar-refractivity contribution in [1.82, 2.24) is 4.98 Å². The summed E-state index contributed by atoms with van der Waals surface area (Å²) < 4.78 is 0. The van der Waals surface area contributed by atoms with E-state index in [0.29, 0.717) is 5.69 Å². The molecule has 0 bridgehead atoms. The molecule has 0 radical (unpaired) electrons. The van der Waals surface area contributed by atoms with E-state index in [1.54, 1.807) is 11.3 Å². The summed E-state index contributed by atoms with van der Waals surface area (Å²) in [6.45, 7) is 4.13. The van der Waals surface area contributed by atoms with E-state index in [4.69, 9.17) is 5.73 Å². The Kier molecular flexibility index (Phi) is 3.64. The van der Waals surface area contributed by atoms with Gasteiger partial charge in [0.2, 0.25) is 0 Å². The molecule has 2 heterocycles. The van der Waals surface area contributed by atoms with Gasteiger partial charge in [-0.05, 0) is 36.9 Å². The topological polar surface area (TPSA) is 50.9 Å². The molecule has 0 aliphatic rings. The number of nitrogens with zero attached hydrogens (tertiary/aromatic N) is 1. The standard InChI is InChI=1S/C13H17N3S/c1-3-11(12-5-4-8-17-12)16-13-10(14)7-6-9(2)15-13/h4-8,11H,3,14H2,1-2H3,(H,15,16). The number of anilines is 2. The quantitative estimate of drug-likeness (QED) is 0.868. The summed E-state index contributed by atoms with van der Waals surface area (Å²) in [6.07, 6.45) is 1.01. The lowest BCUT2D eigenvalue weighted by Gasteiger charge is -2.17. The summed E-state index contributed by atoms with van der Waals surface area (Å²) in [5, 5.41) is 5.50. The van der Waals surface area contributed by atoms with Crippen LogP contribution in [0.25, 0.3) is 0 Å². The molecule has 90 valence electrons. The van der Waals surface area contributed by atoms with E-state index < -0.39 is 0 Å². The first-order chi connectivity index (χ1) is 8.20. The van der Waals surface area contributed by atoms with E-state index >= 15 is 0 Å². The minimum atomic E-state index is 0.284. The highest BCUT2D eigenvalue weighted by atomic mass is 32.1. The molecule has 0 aliphatic heterocycles. The number of nitrogens with two attached hydrogens (primary N) is 1. The van der Waals surface area contributed by atoms with E-state index in [0.717, 1.165) is 17.9 Å². The summed E-state index contributed by atoms with van der Waals surface area (Å²) in [7, 11) is 0. The summed E-state index contributed by atoms with van der Waals surface area (Å²) in [5.41, 5.74) is 7.60. The van der Waals surface area contributed by atoms with Crippen molar-refractivity contribution in [3.63, 3.8) is 0 Å². The molecule has 2 rings (SSSR count). The van der Waals surface area contributed by atoms with Gasteiger partial charge in [0.1, 0.15) is 5.82 Å². The molecule has 1 unspecified atom stereocenters. The third-order valence-corrected chi connectivity index (χ3v) is 3.66. The number of aryl methyl sites for hydroxylation is 1. The molecule has 0 fully saturated rings. The zero-order chi connectivity index (χ0) is 12.3. The average molecular weight is 247 g/mol. The molecular formula is C13H17N3S. The van der Waals surface area contributed by atoms with Crippen LogP contribution >= 0.6 is 11.3 Å². The molecular weight excluding hydrogens is 230 g/mol. The molecule has 0 aliphatic carbocycles. The van der Waals surface area contributed by atoms with Gasteiger partial charge < -0.3 is 11.1 Å². The Morgan fingerprint density at radius 1 is 1.41 bits per heavy atom. The van der Waals surface area contributed by atoms with Crippen LogP contribution in [0.15, 0.2) is 29.6 Å². The molecule has 0 saturated heterocycles. The van der Waals surface area contributed by atoms with Crippen molar-refractivity contribution < 1.29 is 0 Å². The predicted molar refractivity (Wildman–Crippen MR) is 74.4 cm³/mol. The molecule has 2 aromatic rings. The van der Waals surface area contributed by atoms with Crippen LogP contribution in [-0.4, -0.2) is 4.98 Å². The first kappa shape index (κ1) is 11.9. The number of nitrogen functional groups attached to an aromatic ring is 1. The molecule has 0 amide bonds. The van der Waals surface area contributed by atoms with Gasteiger partial charge in [0.15, 0.2) is 0 Å². The van der Waals surface area contributed by atoms with Gasteiger partial charge in [-0.15, -0.1) is 11.3 Å². The summed E-state index contributed by atoms with van der Waals surface area (Å²) >= 11 is 1.75. The molecule has 0 spiro atoms. The van der Waals surface area contributed by atoms with Gasteiger partial charge in [-0.1, -0.05) is 13.0 Å². The normalized spacial score (nSPS) is 12.4. The van der Waals surface area contributed by atoms with Crippen molar-refractivity contribution in [2.75, 3.05) is 11.1 Å². The average Bonchev–Trinajstić information content (AvgIpc) is 2.84. The van der Waals surface area contributed by atoms with Crippen LogP contribution in [0.3, 0.4) is 0 Å². The monoisotopic (exact) mass is 247 g/mol. The minimum Gasteiger partial charge on any atom is -0.396 e. The maximum atomic E-state index is 5.92. The third kappa shape index (κ3) is 2.77. The largest absolute Gasteiger partial charge is 0.396 e. The van der Waals surface area contributed by atoms with Crippen molar-refractivity contribution in [2.24, 2.45) is 0 Å². The highest BCUT2D eigenvalue weighted by Gasteiger charge is 2.12. The van der Waals surface area contributed by atoms with Crippen LogP contribution in [0.5, 0.6) is 0 Å². The zero-order valence-electron chi connectivity index (χ0n) is 10.1. The van der Waals surface area contributed by atoms with E-state index in [2.05, 4.69) is 34.7 Å². The second-order valence-corrected chi connectivity index (χ2v) is 4.99. The van der Waals surface area contributed by atoms with Crippen LogP contribution in [-0.2, 0) is 0 Å².